The van der Waals surface area contributed by atoms with Gasteiger partial charge in [-0.2, -0.15) is 0 Å². The lowest BCUT2D eigenvalue weighted by Crippen LogP contribution is -2.46. The zero-order valence-corrected chi connectivity index (χ0v) is 16.6. The number of hydrogen-bond acceptors (Lipinski definition) is 4. The summed E-state index contributed by atoms with van der Waals surface area (Å²) in [6, 6.07) is 5.01. The van der Waals surface area contributed by atoms with E-state index in [0.29, 0.717) is 33.5 Å². The Hall–Kier alpha value is -3.55. The molecule has 1 aliphatic rings. The van der Waals surface area contributed by atoms with Crippen molar-refractivity contribution in [1.29, 1.82) is 0 Å². The van der Waals surface area contributed by atoms with Crippen molar-refractivity contribution >= 4 is 28.4 Å². The SMILES string of the molecule is CC(C)C1Oc2c(-c3cn(C)c(=O)c4[nH]ccc34)cc(C(N)=O)cc2N(C)C1=O. The number of nitrogens with two attached hydrogens (primary N) is 1. The molecule has 0 saturated heterocycles. The number of amides is 2. The molecule has 4 rings (SSSR count). The number of aromatic amines is 1. The van der Waals surface area contributed by atoms with Gasteiger partial charge in [-0.3, -0.25) is 14.4 Å². The topological polar surface area (TPSA) is 110 Å². The first-order chi connectivity index (χ1) is 13.7. The number of nitrogens with one attached hydrogen (secondary N) is 1. The first-order valence-electron chi connectivity index (χ1n) is 9.30. The molecule has 0 fully saturated rings. The van der Waals surface area contributed by atoms with Gasteiger partial charge in [0, 0.05) is 48.6 Å². The van der Waals surface area contributed by atoms with E-state index in [4.69, 9.17) is 10.5 Å². The molecule has 3 aromatic rings. The second kappa shape index (κ2) is 6.51. The van der Waals surface area contributed by atoms with Crippen molar-refractivity contribution in [2.75, 3.05) is 11.9 Å². The molecular formula is C21H22N4O4. The standard InChI is InChI=1S/C21H22N4O4/c1-10(2)17-21(28)25(4)15-8-11(19(22)26)7-13(18(15)29-17)14-9-24(3)20(27)16-12(14)5-6-23-16/h5-10,17,23H,1-4H3,(H2,22,26). The highest BCUT2D eigenvalue weighted by molar-refractivity contribution is 6.07. The van der Waals surface area contributed by atoms with Crippen LogP contribution in [0.5, 0.6) is 5.75 Å². The number of aromatic nitrogens is 2. The van der Waals surface area contributed by atoms with E-state index in [1.165, 1.54) is 9.47 Å². The van der Waals surface area contributed by atoms with Crippen LogP contribution in [-0.4, -0.2) is 34.5 Å². The van der Waals surface area contributed by atoms with Crippen LogP contribution in [0, 0.1) is 5.92 Å². The smallest absolute Gasteiger partial charge is 0.274 e. The summed E-state index contributed by atoms with van der Waals surface area (Å²) < 4.78 is 7.62. The van der Waals surface area contributed by atoms with Crippen molar-refractivity contribution in [2.45, 2.75) is 20.0 Å². The molecule has 0 bridgehead atoms. The van der Waals surface area contributed by atoms with Crippen LogP contribution in [0.4, 0.5) is 5.69 Å². The molecule has 0 radical (unpaired) electrons. The molecule has 3 heterocycles. The van der Waals surface area contributed by atoms with Crippen molar-refractivity contribution < 1.29 is 14.3 Å². The zero-order valence-electron chi connectivity index (χ0n) is 16.6. The average molecular weight is 394 g/mol. The molecule has 29 heavy (non-hydrogen) atoms. The van der Waals surface area contributed by atoms with Gasteiger partial charge in [-0.15, -0.1) is 0 Å². The lowest BCUT2D eigenvalue weighted by molar-refractivity contribution is -0.127. The minimum atomic E-state index is -0.653. The van der Waals surface area contributed by atoms with Gasteiger partial charge in [0.2, 0.25) is 5.91 Å². The summed E-state index contributed by atoms with van der Waals surface area (Å²) in [4.78, 5) is 41.7. The maximum Gasteiger partial charge on any atom is 0.274 e. The molecule has 8 heteroatoms. The Morgan fingerprint density at radius 2 is 1.93 bits per heavy atom. The quantitative estimate of drug-likeness (QED) is 0.708. The summed E-state index contributed by atoms with van der Waals surface area (Å²) in [5, 5.41) is 0.696. The van der Waals surface area contributed by atoms with Crippen molar-refractivity contribution in [3.05, 3.63) is 46.5 Å². The van der Waals surface area contributed by atoms with E-state index < -0.39 is 12.0 Å². The number of aryl methyl sites for hydroxylation is 1. The van der Waals surface area contributed by atoms with Crippen LogP contribution >= 0.6 is 0 Å². The van der Waals surface area contributed by atoms with Crippen molar-refractivity contribution in [2.24, 2.45) is 18.7 Å². The molecular weight excluding hydrogens is 372 g/mol. The van der Waals surface area contributed by atoms with E-state index in [0.717, 1.165) is 0 Å². The second-order valence-electron chi connectivity index (χ2n) is 7.64. The van der Waals surface area contributed by atoms with Gasteiger partial charge in [-0.05, 0) is 24.1 Å². The lowest BCUT2D eigenvalue weighted by atomic mass is 9.96. The number of H-pyrrole nitrogens is 1. The maximum atomic E-state index is 12.8. The summed E-state index contributed by atoms with van der Waals surface area (Å²) in [5.41, 5.74) is 7.86. The number of likely N-dealkylation sites (N-methyl/N-ethyl adjacent to an activating group) is 1. The minimum Gasteiger partial charge on any atom is -0.477 e. The maximum absolute atomic E-state index is 12.8. The van der Waals surface area contributed by atoms with Crippen LogP contribution in [-0.2, 0) is 11.8 Å². The van der Waals surface area contributed by atoms with Gasteiger partial charge in [-0.25, -0.2) is 0 Å². The number of rotatable bonds is 3. The number of fused-ring (bicyclic) bond motifs is 2. The molecule has 2 aromatic heterocycles. The Bertz CT molecular complexity index is 1220. The average Bonchev–Trinajstić information content (AvgIpc) is 3.16. The molecule has 2 amide bonds. The third-order valence-electron chi connectivity index (χ3n) is 5.32. The Kier molecular flexibility index (Phi) is 4.22. The van der Waals surface area contributed by atoms with Crippen LogP contribution in [0.3, 0.4) is 0 Å². The third-order valence-corrected chi connectivity index (χ3v) is 5.32. The number of anilines is 1. The Morgan fingerprint density at radius 3 is 2.59 bits per heavy atom. The fraction of sp³-hybridized carbons (Fsp3) is 0.286. The number of pyridine rings is 1. The number of benzene rings is 1. The zero-order chi connectivity index (χ0) is 21.0. The Morgan fingerprint density at radius 1 is 1.21 bits per heavy atom. The van der Waals surface area contributed by atoms with Crippen molar-refractivity contribution in [1.82, 2.24) is 9.55 Å². The van der Waals surface area contributed by atoms with Crippen LogP contribution in [0.15, 0.2) is 35.4 Å². The van der Waals surface area contributed by atoms with E-state index in [2.05, 4.69) is 4.98 Å². The summed E-state index contributed by atoms with van der Waals surface area (Å²) in [5.74, 6) is -0.366. The van der Waals surface area contributed by atoms with Gasteiger partial charge >= 0.3 is 0 Å². The first kappa shape index (κ1) is 18.8. The molecule has 0 spiro atoms. The van der Waals surface area contributed by atoms with E-state index in [9.17, 15) is 14.4 Å². The molecule has 1 unspecified atom stereocenters. The summed E-state index contributed by atoms with van der Waals surface area (Å²) in [6.07, 6.45) is 2.73. The number of nitrogens with zero attached hydrogens (tertiary/aromatic N) is 2. The van der Waals surface area contributed by atoms with Crippen LogP contribution < -0.4 is 20.9 Å². The highest BCUT2D eigenvalue weighted by atomic mass is 16.5. The fourth-order valence-corrected chi connectivity index (χ4v) is 3.72. The van der Waals surface area contributed by atoms with E-state index in [-0.39, 0.29) is 22.9 Å². The number of hydrogen-bond donors (Lipinski definition) is 2. The monoisotopic (exact) mass is 394 g/mol. The van der Waals surface area contributed by atoms with E-state index >= 15 is 0 Å². The molecule has 0 aliphatic carbocycles. The molecule has 3 N–H and O–H groups in total. The first-order valence-corrected chi connectivity index (χ1v) is 9.30. The summed E-state index contributed by atoms with van der Waals surface area (Å²) in [7, 11) is 3.31. The highest BCUT2D eigenvalue weighted by Gasteiger charge is 2.36. The minimum absolute atomic E-state index is 0.0471. The molecule has 150 valence electrons. The molecule has 1 atom stereocenters. The lowest BCUT2D eigenvalue weighted by Gasteiger charge is -2.35. The van der Waals surface area contributed by atoms with Crippen molar-refractivity contribution in [3.63, 3.8) is 0 Å². The molecule has 1 aromatic carbocycles. The highest BCUT2D eigenvalue weighted by Crippen LogP contribution is 2.45. The number of carbonyl (C=O) groups excluding carboxylic acids is 2. The predicted octanol–water partition coefficient (Wildman–Crippen LogP) is 2.01. The number of primary amides is 1. The summed E-state index contributed by atoms with van der Waals surface area (Å²) >= 11 is 0. The third kappa shape index (κ3) is 2.79. The van der Waals surface area contributed by atoms with Gasteiger partial charge in [0.15, 0.2) is 11.9 Å². The Labute approximate surface area is 166 Å². The van der Waals surface area contributed by atoms with E-state index in [1.807, 2.05) is 13.8 Å². The molecule has 1 aliphatic heterocycles. The Balaban J connectivity index is 2.08. The van der Waals surface area contributed by atoms with Gasteiger partial charge in [-0.1, -0.05) is 13.8 Å². The number of carbonyl (C=O) groups is 2. The molecule has 0 saturated carbocycles. The van der Waals surface area contributed by atoms with Gasteiger partial charge < -0.3 is 24.9 Å². The van der Waals surface area contributed by atoms with Crippen LogP contribution in [0.1, 0.15) is 24.2 Å². The van der Waals surface area contributed by atoms with Gasteiger partial charge in [0.05, 0.1) is 5.69 Å². The summed E-state index contributed by atoms with van der Waals surface area (Å²) in [6.45, 7) is 3.82. The largest absolute Gasteiger partial charge is 0.477 e. The second-order valence-corrected chi connectivity index (χ2v) is 7.64. The van der Waals surface area contributed by atoms with Gasteiger partial charge in [0.25, 0.3) is 11.5 Å². The molecule has 8 nitrogen and oxygen atoms in total. The van der Waals surface area contributed by atoms with Gasteiger partial charge in [0.1, 0.15) is 5.52 Å². The predicted molar refractivity (Wildman–Crippen MR) is 110 cm³/mol. The number of ether oxygens (including phenoxy) is 1. The van der Waals surface area contributed by atoms with Crippen LogP contribution in [0.2, 0.25) is 0 Å². The van der Waals surface area contributed by atoms with E-state index in [1.54, 1.807) is 44.7 Å². The normalized spacial score (nSPS) is 16.2. The fourth-order valence-electron chi connectivity index (χ4n) is 3.72. The van der Waals surface area contributed by atoms with Crippen molar-refractivity contribution in [3.8, 4) is 16.9 Å². The van der Waals surface area contributed by atoms with Crippen LogP contribution in [0.25, 0.3) is 22.0 Å².